The summed E-state index contributed by atoms with van der Waals surface area (Å²) in [4.78, 5) is 50.8. The summed E-state index contributed by atoms with van der Waals surface area (Å²) in [5.74, 6) is -0.152. The zero-order chi connectivity index (χ0) is 21.3. The van der Waals surface area contributed by atoms with E-state index in [-0.39, 0.29) is 30.9 Å². The molecule has 1 aliphatic carbocycles. The lowest BCUT2D eigenvalue weighted by molar-refractivity contribution is -0.137. The number of nitrogens with zero attached hydrogens (tertiary/aromatic N) is 5. The molecule has 2 fully saturated rings. The molecule has 9 nitrogen and oxygen atoms in total. The van der Waals surface area contributed by atoms with Gasteiger partial charge in [0.1, 0.15) is 6.54 Å². The lowest BCUT2D eigenvalue weighted by Crippen LogP contribution is -2.43. The van der Waals surface area contributed by atoms with E-state index in [1.165, 1.54) is 9.80 Å². The standard InChI is InChI=1S/C21H29N5O4/c1-24-10-8-16-17(9-11-24)23-18(12-22-16)25-13-19(27)26(21(25)30)15-5-2-14(3-6-15)4-7-20(28)29/h12,14-15H,2-11,13H2,1H3,(H,28,29). The molecule has 1 aromatic rings. The summed E-state index contributed by atoms with van der Waals surface area (Å²) in [6.07, 6.45) is 7.24. The third kappa shape index (κ3) is 4.30. The van der Waals surface area contributed by atoms with Gasteiger partial charge in [0.05, 0.1) is 17.6 Å². The molecule has 0 bridgehead atoms. The first kappa shape index (κ1) is 20.7. The number of aromatic nitrogens is 2. The Balaban J connectivity index is 1.42. The molecule has 162 valence electrons. The molecule has 1 saturated carbocycles. The molecular weight excluding hydrogens is 386 g/mol. The van der Waals surface area contributed by atoms with Gasteiger partial charge in [0.25, 0.3) is 5.91 Å². The van der Waals surface area contributed by atoms with E-state index >= 15 is 0 Å². The minimum Gasteiger partial charge on any atom is -0.481 e. The molecule has 3 aliphatic rings. The van der Waals surface area contributed by atoms with Crippen molar-refractivity contribution < 1.29 is 19.5 Å². The minimum atomic E-state index is -0.772. The van der Waals surface area contributed by atoms with Crippen LogP contribution in [0.1, 0.15) is 49.9 Å². The molecule has 0 aromatic carbocycles. The molecule has 0 spiro atoms. The van der Waals surface area contributed by atoms with Crippen molar-refractivity contribution in [1.82, 2.24) is 19.8 Å². The van der Waals surface area contributed by atoms with Crippen molar-refractivity contribution in [2.24, 2.45) is 5.92 Å². The fourth-order valence-corrected chi connectivity index (χ4v) is 4.76. The van der Waals surface area contributed by atoms with Crippen LogP contribution in [0.4, 0.5) is 10.6 Å². The summed E-state index contributed by atoms with van der Waals surface area (Å²) < 4.78 is 0. The summed E-state index contributed by atoms with van der Waals surface area (Å²) in [5.41, 5.74) is 1.88. The van der Waals surface area contributed by atoms with Crippen molar-refractivity contribution in [3.05, 3.63) is 17.6 Å². The van der Waals surface area contributed by atoms with Gasteiger partial charge >= 0.3 is 12.0 Å². The Kier molecular flexibility index (Phi) is 5.99. The summed E-state index contributed by atoms with van der Waals surface area (Å²) >= 11 is 0. The highest BCUT2D eigenvalue weighted by Crippen LogP contribution is 2.33. The Bertz CT molecular complexity index is 837. The highest BCUT2D eigenvalue weighted by Gasteiger charge is 2.43. The zero-order valence-electron chi connectivity index (χ0n) is 17.4. The highest BCUT2D eigenvalue weighted by molar-refractivity contribution is 6.12. The van der Waals surface area contributed by atoms with Crippen LogP contribution in [-0.4, -0.2) is 75.5 Å². The number of anilines is 1. The number of amides is 3. The van der Waals surface area contributed by atoms with E-state index in [2.05, 4.69) is 21.9 Å². The van der Waals surface area contributed by atoms with Crippen LogP contribution in [0.5, 0.6) is 0 Å². The number of aliphatic carboxylic acids is 1. The van der Waals surface area contributed by atoms with E-state index in [1.54, 1.807) is 6.20 Å². The van der Waals surface area contributed by atoms with Gasteiger partial charge in [-0.25, -0.2) is 9.78 Å². The molecule has 1 saturated heterocycles. The van der Waals surface area contributed by atoms with Crippen LogP contribution in [-0.2, 0) is 22.4 Å². The summed E-state index contributed by atoms with van der Waals surface area (Å²) in [6.45, 7) is 1.84. The molecule has 4 rings (SSSR count). The third-order valence-electron chi connectivity index (χ3n) is 6.60. The Morgan fingerprint density at radius 2 is 1.83 bits per heavy atom. The molecule has 0 radical (unpaired) electrons. The monoisotopic (exact) mass is 415 g/mol. The molecule has 1 N–H and O–H groups in total. The number of carbonyl (C=O) groups is 3. The maximum atomic E-state index is 13.1. The maximum Gasteiger partial charge on any atom is 0.333 e. The first-order valence-electron chi connectivity index (χ1n) is 10.8. The van der Waals surface area contributed by atoms with Gasteiger partial charge in [-0.15, -0.1) is 0 Å². The largest absolute Gasteiger partial charge is 0.481 e. The van der Waals surface area contributed by atoms with E-state index in [4.69, 9.17) is 5.11 Å². The Labute approximate surface area is 176 Å². The third-order valence-corrected chi connectivity index (χ3v) is 6.60. The number of carboxylic acid groups (broad SMARTS) is 1. The van der Waals surface area contributed by atoms with Gasteiger partial charge in [0.15, 0.2) is 5.82 Å². The number of likely N-dealkylation sites (N-methyl/N-ethyl adjacent to an activating group) is 1. The number of carboxylic acids is 1. The van der Waals surface area contributed by atoms with Gasteiger partial charge in [0, 0.05) is 38.4 Å². The zero-order valence-corrected chi connectivity index (χ0v) is 17.4. The topological polar surface area (TPSA) is 107 Å². The minimum absolute atomic E-state index is 0.00510. The number of fused-ring (bicyclic) bond motifs is 1. The van der Waals surface area contributed by atoms with Gasteiger partial charge in [-0.2, -0.15) is 0 Å². The van der Waals surface area contributed by atoms with Crippen molar-refractivity contribution in [3.63, 3.8) is 0 Å². The molecule has 1 aromatic heterocycles. The Morgan fingerprint density at radius 3 is 2.53 bits per heavy atom. The number of hydrogen-bond acceptors (Lipinski definition) is 6. The van der Waals surface area contributed by atoms with E-state index in [0.29, 0.717) is 18.2 Å². The predicted octanol–water partition coefficient (Wildman–Crippen LogP) is 1.70. The molecule has 0 unspecified atom stereocenters. The number of urea groups is 1. The van der Waals surface area contributed by atoms with Crippen LogP contribution in [0.15, 0.2) is 6.20 Å². The van der Waals surface area contributed by atoms with Crippen molar-refractivity contribution in [3.8, 4) is 0 Å². The smallest absolute Gasteiger partial charge is 0.333 e. The lowest BCUT2D eigenvalue weighted by atomic mass is 9.83. The normalized spacial score (nSPS) is 25.4. The summed E-state index contributed by atoms with van der Waals surface area (Å²) in [5, 5.41) is 8.86. The summed E-state index contributed by atoms with van der Waals surface area (Å²) in [7, 11) is 2.07. The van der Waals surface area contributed by atoms with Crippen LogP contribution < -0.4 is 4.90 Å². The quantitative estimate of drug-likeness (QED) is 0.730. The van der Waals surface area contributed by atoms with Crippen LogP contribution >= 0.6 is 0 Å². The SMILES string of the molecule is CN1CCc2ncc(N3CC(=O)N(C4CCC(CCC(=O)O)CC4)C3=O)nc2CC1. The van der Waals surface area contributed by atoms with E-state index in [9.17, 15) is 14.4 Å². The first-order chi connectivity index (χ1) is 14.4. The van der Waals surface area contributed by atoms with Crippen molar-refractivity contribution in [2.45, 2.75) is 57.4 Å². The molecule has 3 amide bonds. The van der Waals surface area contributed by atoms with Crippen LogP contribution in [0.25, 0.3) is 0 Å². The molecule has 3 heterocycles. The number of carbonyl (C=O) groups excluding carboxylic acids is 2. The fourth-order valence-electron chi connectivity index (χ4n) is 4.76. The molecule has 9 heteroatoms. The van der Waals surface area contributed by atoms with Gasteiger partial charge in [-0.05, 0) is 45.1 Å². The van der Waals surface area contributed by atoms with Gasteiger partial charge in [-0.3, -0.25) is 24.4 Å². The number of imide groups is 1. The van der Waals surface area contributed by atoms with E-state index in [1.807, 2.05) is 0 Å². The second-order valence-electron chi connectivity index (χ2n) is 8.66. The second kappa shape index (κ2) is 8.67. The van der Waals surface area contributed by atoms with Gasteiger partial charge < -0.3 is 10.0 Å². The van der Waals surface area contributed by atoms with Crippen molar-refractivity contribution in [2.75, 3.05) is 31.6 Å². The fraction of sp³-hybridized carbons (Fsp3) is 0.667. The summed E-state index contributed by atoms with van der Waals surface area (Å²) in [6, 6.07) is -0.424. The van der Waals surface area contributed by atoms with Gasteiger partial charge in [-0.1, -0.05) is 0 Å². The molecule has 30 heavy (non-hydrogen) atoms. The highest BCUT2D eigenvalue weighted by atomic mass is 16.4. The van der Waals surface area contributed by atoms with E-state index in [0.717, 1.165) is 63.0 Å². The Hall–Kier alpha value is -2.55. The van der Waals surface area contributed by atoms with Crippen LogP contribution in [0.2, 0.25) is 0 Å². The van der Waals surface area contributed by atoms with Crippen LogP contribution in [0.3, 0.4) is 0 Å². The molecule has 2 aliphatic heterocycles. The van der Waals surface area contributed by atoms with Crippen LogP contribution in [0, 0.1) is 5.92 Å². The average Bonchev–Trinajstić information content (AvgIpc) is 2.90. The van der Waals surface area contributed by atoms with Gasteiger partial charge in [0.2, 0.25) is 0 Å². The number of rotatable bonds is 5. The van der Waals surface area contributed by atoms with Crippen molar-refractivity contribution in [1.29, 1.82) is 0 Å². The second-order valence-corrected chi connectivity index (χ2v) is 8.66. The molecular formula is C21H29N5O4. The van der Waals surface area contributed by atoms with E-state index < -0.39 is 5.97 Å². The van der Waals surface area contributed by atoms with Crippen molar-refractivity contribution >= 4 is 23.7 Å². The molecule has 0 atom stereocenters. The predicted molar refractivity (Wildman–Crippen MR) is 109 cm³/mol. The lowest BCUT2D eigenvalue weighted by Gasteiger charge is -2.33. The average molecular weight is 415 g/mol. The Morgan fingerprint density at radius 1 is 1.13 bits per heavy atom. The number of hydrogen-bond donors (Lipinski definition) is 1. The maximum absolute atomic E-state index is 13.1. The first-order valence-corrected chi connectivity index (χ1v) is 10.8.